The molecule has 0 bridgehead atoms. The van der Waals surface area contributed by atoms with Crippen LogP contribution in [-0.4, -0.2) is 58.9 Å². The van der Waals surface area contributed by atoms with Gasteiger partial charge in [0.15, 0.2) is 0 Å². The molecule has 2 aromatic heterocycles. The minimum atomic E-state index is -0.714. The van der Waals surface area contributed by atoms with Crippen molar-refractivity contribution in [3.63, 3.8) is 0 Å². The number of rotatable bonds is 5. The number of hydrogen-bond acceptors (Lipinski definition) is 5. The summed E-state index contributed by atoms with van der Waals surface area (Å²) in [6.45, 7) is 4.49. The monoisotopic (exact) mass is 446 g/mol. The van der Waals surface area contributed by atoms with E-state index >= 15 is 0 Å². The highest BCUT2D eigenvalue weighted by atomic mass is 16.5. The van der Waals surface area contributed by atoms with Crippen molar-refractivity contribution >= 4 is 11.8 Å². The molecule has 0 N–H and O–H groups in total. The predicted molar refractivity (Wildman–Crippen MR) is 126 cm³/mol. The SMILES string of the molecule is Cc1noc(C)c1C(=O)N1CCCC(Cc2ccccc2-c2cccnc2)(C(=O)N(C)C)C1. The summed E-state index contributed by atoms with van der Waals surface area (Å²) >= 11 is 0. The number of carbonyl (C=O) groups is 2. The minimum absolute atomic E-state index is 0.0414. The highest BCUT2D eigenvalue weighted by Gasteiger charge is 2.45. The maximum Gasteiger partial charge on any atom is 0.259 e. The average molecular weight is 447 g/mol. The van der Waals surface area contributed by atoms with Crippen LogP contribution in [0.5, 0.6) is 0 Å². The Labute approximate surface area is 194 Å². The third-order valence-corrected chi connectivity index (χ3v) is 6.49. The van der Waals surface area contributed by atoms with Crippen LogP contribution in [0.3, 0.4) is 0 Å². The van der Waals surface area contributed by atoms with Gasteiger partial charge in [-0.3, -0.25) is 14.6 Å². The first-order valence-corrected chi connectivity index (χ1v) is 11.2. The van der Waals surface area contributed by atoms with Crippen LogP contribution in [0.25, 0.3) is 11.1 Å². The molecule has 1 saturated heterocycles. The molecule has 7 heteroatoms. The molecule has 3 heterocycles. The third-order valence-electron chi connectivity index (χ3n) is 6.49. The van der Waals surface area contributed by atoms with Crippen LogP contribution in [0.1, 0.15) is 40.2 Å². The van der Waals surface area contributed by atoms with Crippen LogP contribution in [-0.2, 0) is 11.2 Å². The summed E-state index contributed by atoms with van der Waals surface area (Å²) in [6, 6.07) is 12.1. The quantitative estimate of drug-likeness (QED) is 0.594. The van der Waals surface area contributed by atoms with Crippen molar-refractivity contribution in [1.29, 1.82) is 0 Å². The molecule has 0 saturated carbocycles. The number of hydrogen-bond donors (Lipinski definition) is 0. The number of nitrogens with zero attached hydrogens (tertiary/aromatic N) is 4. The highest BCUT2D eigenvalue weighted by molar-refractivity contribution is 5.97. The van der Waals surface area contributed by atoms with Crippen LogP contribution in [0.2, 0.25) is 0 Å². The van der Waals surface area contributed by atoms with Gasteiger partial charge < -0.3 is 14.3 Å². The van der Waals surface area contributed by atoms with Gasteiger partial charge in [0, 0.05) is 45.1 Å². The first-order chi connectivity index (χ1) is 15.8. The number of piperidine rings is 1. The van der Waals surface area contributed by atoms with E-state index in [4.69, 9.17) is 4.52 Å². The van der Waals surface area contributed by atoms with E-state index in [1.165, 1.54) is 0 Å². The van der Waals surface area contributed by atoms with E-state index in [1.807, 2.05) is 30.5 Å². The molecule has 1 fully saturated rings. The standard InChI is InChI=1S/C26H30N4O3/c1-18-23(19(2)33-28-18)24(31)30-14-8-12-26(17-30,25(32)29(3)4)15-20-9-5-6-11-22(20)21-10-7-13-27-16-21/h5-7,9-11,13,16H,8,12,14-15,17H2,1-4H3. The molecule has 1 aliphatic rings. The molecule has 0 radical (unpaired) electrons. The number of pyridine rings is 1. The molecular weight excluding hydrogens is 416 g/mol. The highest BCUT2D eigenvalue weighted by Crippen LogP contribution is 2.38. The molecule has 1 unspecified atom stereocenters. The molecule has 33 heavy (non-hydrogen) atoms. The van der Waals surface area contributed by atoms with Gasteiger partial charge in [-0.2, -0.15) is 0 Å². The molecule has 3 aromatic rings. The van der Waals surface area contributed by atoms with E-state index < -0.39 is 5.41 Å². The second-order valence-electron chi connectivity index (χ2n) is 9.08. The summed E-state index contributed by atoms with van der Waals surface area (Å²) in [5, 5.41) is 3.94. The Morgan fingerprint density at radius 2 is 1.94 bits per heavy atom. The molecule has 172 valence electrons. The molecule has 0 spiro atoms. The van der Waals surface area contributed by atoms with Crippen molar-refractivity contribution in [3.8, 4) is 11.1 Å². The van der Waals surface area contributed by atoms with Gasteiger partial charge in [-0.1, -0.05) is 35.5 Å². The maximum atomic E-state index is 13.6. The minimum Gasteiger partial charge on any atom is -0.361 e. The van der Waals surface area contributed by atoms with Gasteiger partial charge >= 0.3 is 0 Å². The molecule has 4 rings (SSSR count). The van der Waals surface area contributed by atoms with Crippen LogP contribution >= 0.6 is 0 Å². The van der Waals surface area contributed by atoms with Gasteiger partial charge in [-0.25, -0.2) is 0 Å². The lowest BCUT2D eigenvalue weighted by Gasteiger charge is -2.43. The van der Waals surface area contributed by atoms with Gasteiger partial charge in [0.2, 0.25) is 5.91 Å². The van der Waals surface area contributed by atoms with Gasteiger partial charge in [0.25, 0.3) is 5.91 Å². The Balaban J connectivity index is 1.71. The Hall–Kier alpha value is -3.48. The van der Waals surface area contributed by atoms with E-state index in [0.29, 0.717) is 36.5 Å². The Bertz CT molecular complexity index is 1140. The third kappa shape index (κ3) is 4.40. The molecule has 1 aliphatic heterocycles. The van der Waals surface area contributed by atoms with Gasteiger partial charge in [0.05, 0.1) is 11.1 Å². The van der Waals surface area contributed by atoms with E-state index in [-0.39, 0.29) is 11.8 Å². The molecule has 2 amide bonds. The Morgan fingerprint density at radius 1 is 1.15 bits per heavy atom. The molecule has 1 aromatic carbocycles. The van der Waals surface area contributed by atoms with E-state index in [9.17, 15) is 9.59 Å². The lowest BCUT2D eigenvalue weighted by molar-refractivity contribution is -0.142. The largest absolute Gasteiger partial charge is 0.361 e. The van der Waals surface area contributed by atoms with Crippen LogP contribution in [0.15, 0.2) is 53.3 Å². The fourth-order valence-electron chi connectivity index (χ4n) is 4.96. The smallest absolute Gasteiger partial charge is 0.259 e. The fraction of sp³-hybridized carbons (Fsp3) is 0.385. The van der Waals surface area contributed by atoms with E-state index in [0.717, 1.165) is 29.5 Å². The van der Waals surface area contributed by atoms with Crippen LogP contribution in [0.4, 0.5) is 0 Å². The van der Waals surface area contributed by atoms with Crippen LogP contribution in [0, 0.1) is 19.3 Å². The topological polar surface area (TPSA) is 79.5 Å². The van der Waals surface area contributed by atoms with Crippen molar-refractivity contribution in [2.75, 3.05) is 27.2 Å². The summed E-state index contributed by atoms with van der Waals surface area (Å²) in [4.78, 5) is 34.7. The van der Waals surface area contributed by atoms with E-state index in [1.54, 1.807) is 43.9 Å². The first-order valence-electron chi connectivity index (χ1n) is 11.2. The van der Waals surface area contributed by atoms with Crippen molar-refractivity contribution < 1.29 is 14.1 Å². The summed E-state index contributed by atoms with van der Waals surface area (Å²) in [7, 11) is 3.57. The van der Waals surface area contributed by atoms with Gasteiger partial charge in [-0.05, 0) is 50.3 Å². The van der Waals surface area contributed by atoms with Crippen molar-refractivity contribution in [2.24, 2.45) is 5.41 Å². The fourth-order valence-corrected chi connectivity index (χ4v) is 4.96. The van der Waals surface area contributed by atoms with Crippen molar-refractivity contribution in [2.45, 2.75) is 33.1 Å². The zero-order valence-electron chi connectivity index (χ0n) is 19.7. The molecule has 1 atom stereocenters. The molecule has 0 aliphatic carbocycles. The molecular formula is C26H30N4O3. The predicted octanol–water partition coefficient (Wildman–Crippen LogP) is 3.91. The van der Waals surface area contributed by atoms with E-state index in [2.05, 4.69) is 22.3 Å². The number of amides is 2. The van der Waals surface area contributed by atoms with Gasteiger partial charge in [0.1, 0.15) is 11.3 Å². The van der Waals surface area contributed by atoms with Crippen molar-refractivity contribution in [3.05, 3.63) is 71.4 Å². The lowest BCUT2D eigenvalue weighted by Crippen LogP contribution is -2.54. The first kappa shape index (κ1) is 22.7. The Kier molecular flexibility index (Phi) is 6.31. The lowest BCUT2D eigenvalue weighted by atomic mass is 9.72. The Morgan fingerprint density at radius 3 is 2.61 bits per heavy atom. The number of aryl methyl sites for hydroxylation is 2. The average Bonchev–Trinajstić information content (AvgIpc) is 3.16. The zero-order valence-corrected chi connectivity index (χ0v) is 19.7. The second kappa shape index (κ2) is 9.17. The maximum absolute atomic E-state index is 13.6. The zero-order chi connectivity index (χ0) is 23.6. The summed E-state index contributed by atoms with van der Waals surface area (Å²) in [6.07, 6.45) is 5.61. The number of aromatic nitrogens is 2. The summed E-state index contributed by atoms with van der Waals surface area (Å²) in [5.41, 5.74) is 3.51. The normalized spacial score (nSPS) is 18.2. The number of carbonyl (C=O) groups excluding carboxylic acids is 2. The summed E-state index contributed by atoms with van der Waals surface area (Å²) < 4.78 is 5.23. The number of likely N-dealkylation sites (tertiary alicyclic amines) is 1. The van der Waals surface area contributed by atoms with Crippen LogP contribution < -0.4 is 0 Å². The summed E-state index contributed by atoms with van der Waals surface area (Å²) in [5.74, 6) is 0.428. The number of benzene rings is 1. The van der Waals surface area contributed by atoms with Gasteiger partial charge in [-0.15, -0.1) is 0 Å². The second-order valence-corrected chi connectivity index (χ2v) is 9.08. The van der Waals surface area contributed by atoms with Crippen molar-refractivity contribution in [1.82, 2.24) is 19.9 Å². The molecule has 7 nitrogen and oxygen atoms in total.